The lowest BCUT2D eigenvalue weighted by Gasteiger charge is -2.23. The SMILES string of the molecule is BN1CCCC1C(=O)NC(CC(C)C)C(=O)OC. The fraction of sp³-hybridized carbons (Fsp3) is 0.833. The summed E-state index contributed by atoms with van der Waals surface area (Å²) < 4.78 is 4.74. The number of hydrogen-bond donors (Lipinski definition) is 1. The van der Waals surface area contributed by atoms with Gasteiger partial charge in [-0.1, -0.05) is 13.8 Å². The van der Waals surface area contributed by atoms with E-state index in [2.05, 4.69) is 5.32 Å². The van der Waals surface area contributed by atoms with Gasteiger partial charge in [-0.25, -0.2) is 4.79 Å². The van der Waals surface area contributed by atoms with E-state index in [-0.39, 0.29) is 17.9 Å². The minimum atomic E-state index is -0.531. The lowest BCUT2D eigenvalue weighted by Crippen LogP contribution is -2.49. The fourth-order valence-electron chi connectivity index (χ4n) is 2.34. The van der Waals surface area contributed by atoms with Crippen molar-refractivity contribution in [3.63, 3.8) is 0 Å². The largest absolute Gasteiger partial charge is 0.467 e. The lowest BCUT2D eigenvalue weighted by atomic mass is 10.0. The predicted molar refractivity (Wildman–Crippen MR) is 71.7 cm³/mol. The van der Waals surface area contributed by atoms with Gasteiger partial charge in [-0.2, -0.15) is 0 Å². The highest BCUT2D eigenvalue weighted by atomic mass is 16.5. The molecular weight excluding hydrogens is 231 g/mol. The summed E-state index contributed by atoms with van der Waals surface area (Å²) in [6.45, 7) is 4.97. The van der Waals surface area contributed by atoms with Gasteiger partial charge in [0.25, 0.3) is 0 Å². The molecule has 1 rings (SSSR count). The Labute approximate surface area is 110 Å². The van der Waals surface area contributed by atoms with Crippen molar-refractivity contribution in [2.75, 3.05) is 13.7 Å². The Morgan fingerprint density at radius 1 is 1.50 bits per heavy atom. The van der Waals surface area contributed by atoms with Crippen molar-refractivity contribution in [3.8, 4) is 0 Å². The fourth-order valence-corrected chi connectivity index (χ4v) is 2.34. The second-order valence-electron chi connectivity index (χ2n) is 5.35. The Balaban J connectivity index is 2.59. The van der Waals surface area contributed by atoms with Crippen LogP contribution in [0, 0.1) is 5.92 Å². The molecule has 0 aliphatic carbocycles. The number of carbonyl (C=O) groups is 2. The number of rotatable bonds is 5. The highest BCUT2D eigenvalue weighted by Gasteiger charge is 2.31. The van der Waals surface area contributed by atoms with Crippen LogP contribution in [0.15, 0.2) is 0 Å². The zero-order chi connectivity index (χ0) is 13.7. The molecule has 1 aliphatic heterocycles. The number of nitrogens with one attached hydrogen (secondary N) is 1. The first-order chi connectivity index (χ1) is 8.45. The summed E-state index contributed by atoms with van der Waals surface area (Å²) in [5, 5.41) is 2.82. The molecule has 0 radical (unpaired) electrons. The summed E-state index contributed by atoms with van der Waals surface area (Å²) in [4.78, 5) is 25.8. The summed E-state index contributed by atoms with van der Waals surface area (Å²) in [5.74, 6) is -0.0977. The van der Waals surface area contributed by atoms with Gasteiger partial charge in [0.2, 0.25) is 5.91 Å². The van der Waals surface area contributed by atoms with Gasteiger partial charge in [0.1, 0.15) is 6.04 Å². The molecule has 2 atom stereocenters. The first kappa shape index (κ1) is 15.0. The van der Waals surface area contributed by atoms with Crippen molar-refractivity contribution in [2.24, 2.45) is 5.92 Å². The average molecular weight is 254 g/mol. The molecule has 1 saturated heterocycles. The first-order valence-corrected chi connectivity index (χ1v) is 6.54. The summed E-state index contributed by atoms with van der Waals surface area (Å²) in [5.41, 5.74) is 0. The van der Waals surface area contributed by atoms with Crippen molar-refractivity contribution in [2.45, 2.75) is 45.2 Å². The number of nitrogens with zero attached hydrogens (tertiary/aromatic N) is 1. The maximum absolute atomic E-state index is 12.1. The molecular formula is C12H23BN2O3. The standard InChI is InChI=1S/C12H23BN2O3/c1-8(2)7-9(12(17)18-3)14-11(16)10-5-4-6-15(10)13/h8-10H,4-7,13H2,1-3H3,(H,14,16). The number of carbonyl (C=O) groups excluding carboxylic acids is 2. The molecule has 0 bridgehead atoms. The van der Waals surface area contributed by atoms with Crippen LogP contribution >= 0.6 is 0 Å². The quantitative estimate of drug-likeness (QED) is 0.540. The van der Waals surface area contributed by atoms with Crippen LogP contribution in [-0.2, 0) is 14.3 Å². The van der Waals surface area contributed by atoms with E-state index in [4.69, 9.17) is 4.74 Å². The van der Waals surface area contributed by atoms with Crippen molar-refractivity contribution in [1.29, 1.82) is 0 Å². The van der Waals surface area contributed by atoms with Crippen molar-refractivity contribution >= 4 is 19.9 Å². The second kappa shape index (κ2) is 6.78. The Hall–Kier alpha value is -1.04. The van der Waals surface area contributed by atoms with Crippen LogP contribution in [0.3, 0.4) is 0 Å². The zero-order valence-electron chi connectivity index (χ0n) is 11.7. The highest BCUT2D eigenvalue weighted by molar-refractivity contribution is 6.07. The molecule has 0 aromatic heterocycles. The molecule has 1 fully saturated rings. The van der Waals surface area contributed by atoms with E-state index in [9.17, 15) is 9.59 Å². The monoisotopic (exact) mass is 254 g/mol. The Bertz CT molecular complexity index is 310. The zero-order valence-corrected chi connectivity index (χ0v) is 11.7. The molecule has 6 heteroatoms. The maximum atomic E-state index is 12.1. The lowest BCUT2D eigenvalue weighted by molar-refractivity contribution is -0.146. The average Bonchev–Trinajstić information content (AvgIpc) is 2.73. The van der Waals surface area contributed by atoms with Gasteiger partial charge in [-0.05, 0) is 31.7 Å². The van der Waals surface area contributed by atoms with Crippen LogP contribution in [0.5, 0.6) is 0 Å². The summed E-state index contributed by atoms with van der Waals surface area (Å²) in [6, 6.07) is -0.638. The van der Waals surface area contributed by atoms with Crippen molar-refractivity contribution in [1.82, 2.24) is 10.1 Å². The van der Waals surface area contributed by atoms with E-state index in [1.807, 2.05) is 26.6 Å². The van der Waals surface area contributed by atoms with E-state index < -0.39 is 6.04 Å². The van der Waals surface area contributed by atoms with Crippen molar-refractivity contribution < 1.29 is 14.3 Å². The minimum Gasteiger partial charge on any atom is -0.467 e. The first-order valence-electron chi connectivity index (χ1n) is 6.54. The van der Waals surface area contributed by atoms with Gasteiger partial charge >= 0.3 is 5.97 Å². The van der Waals surface area contributed by atoms with Crippen molar-refractivity contribution in [3.05, 3.63) is 0 Å². The number of hydrogen-bond acceptors (Lipinski definition) is 4. The molecule has 1 heterocycles. The third kappa shape index (κ3) is 4.01. The molecule has 2 unspecified atom stereocenters. The summed E-state index contributed by atoms with van der Waals surface area (Å²) >= 11 is 0. The van der Waals surface area contributed by atoms with E-state index in [1.165, 1.54) is 7.11 Å². The van der Waals surface area contributed by atoms with E-state index in [1.54, 1.807) is 0 Å². The molecule has 5 nitrogen and oxygen atoms in total. The van der Waals surface area contributed by atoms with Gasteiger partial charge in [-0.15, -0.1) is 0 Å². The molecule has 0 saturated carbocycles. The topological polar surface area (TPSA) is 58.6 Å². The molecule has 1 N–H and O–H groups in total. The number of methoxy groups -OCH3 is 1. The van der Waals surface area contributed by atoms with Gasteiger partial charge in [0.15, 0.2) is 7.98 Å². The Morgan fingerprint density at radius 3 is 2.61 bits per heavy atom. The molecule has 0 spiro atoms. The van der Waals surface area contributed by atoms with Gasteiger partial charge in [0, 0.05) is 0 Å². The van der Waals surface area contributed by atoms with Gasteiger partial charge < -0.3 is 14.9 Å². The number of amides is 1. The van der Waals surface area contributed by atoms with Gasteiger partial charge in [0.05, 0.1) is 13.2 Å². The molecule has 102 valence electrons. The summed E-state index contributed by atoms with van der Waals surface area (Å²) in [7, 11) is 3.29. The van der Waals surface area contributed by atoms with E-state index in [0.717, 1.165) is 19.4 Å². The molecule has 1 aliphatic rings. The highest BCUT2D eigenvalue weighted by Crippen LogP contribution is 2.15. The minimum absolute atomic E-state index is 0.0638. The maximum Gasteiger partial charge on any atom is 0.328 e. The van der Waals surface area contributed by atoms with Crippen LogP contribution in [0.4, 0.5) is 0 Å². The van der Waals surface area contributed by atoms with Crippen LogP contribution < -0.4 is 5.32 Å². The Kier molecular flexibility index (Phi) is 5.66. The molecule has 1 amide bonds. The Morgan fingerprint density at radius 2 is 2.17 bits per heavy atom. The summed E-state index contributed by atoms with van der Waals surface area (Å²) in [6.07, 6.45) is 2.49. The van der Waals surface area contributed by atoms with E-state index >= 15 is 0 Å². The van der Waals surface area contributed by atoms with Gasteiger partial charge in [-0.3, -0.25) is 4.79 Å². The molecule has 0 aromatic carbocycles. The molecule has 18 heavy (non-hydrogen) atoms. The number of ether oxygens (including phenoxy) is 1. The van der Waals surface area contributed by atoms with Crippen LogP contribution in [0.2, 0.25) is 0 Å². The predicted octanol–water partition coefficient (Wildman–Crippen LogP) is -0.297. The second-order valence-corrected chi connectivity index (χ2v) is 5.35. The van der Waals surface area contributed by atoms with E-state index in [0.29, 0.717) is 12.3 Å². The number of esters is 1. The third-order valence-electron chi connectivity index (χ3n) is 3.33. The normalized spacial score (nSPS) is 21.9. The van der Waals surface area contributed by atoms with Crippen LogP contribution in [-0.4, -0.2) is 50.4 Å². The van der Waals surface area contributed by atoms with Crippen LogP contribution in [0.1, 0.15) is 33.1 Å². The van der Waals surface area contributed by atoms with Crippen LogP contribution in [0.25, 0.3) is 0 Å². The smallest absolute Gasteiger partial charge is 0.328 e. The third-order valence-corrected chi connectivity index (χ3v) is 3.33. The molecule has 0 aromatic rings.